The summed E-state index contributed by atoms with van der Waals surface area (Å²) in [6.07, 6.45) is -1.08. The van der Waals surface area contributed by atoms with Crippen molar-refractivity contribution >= 4 is 6.09 Å². The first-order chi connectivity index (χ1) is 5.15. The first kappa shape index (κ1) is 8.29. The number of nitrogens with zero attached hydrogens (tertiary/aromatic N) is 1. The van der Waals surface area contributed by atoms with Crippen LogP contribution in [0, 0.1) is 0 Å². The average molecular weight is 160 g/mol. The molecular weight excluding hydrogens is 148 g/mol. The Morgan fingerprint density at radius 2 is 2.36 bits per heavy atom. The largest absolute Gasteiger partial charge is 0.465 e. The fraction of sp³-hybridized carbons (Fsp3) is 0.833. The van der Waals surface area contributed by atoms with E-state index in [1.54, 1.807) is 0 Å². The van der Waals surface area contributed by atoms with Crippen molar-refractivity contribution in [3.63, 3.8) is 0 Å². The van der Waals surface area contributed by atoms with Gasteiger partial charge < -0.3 is 20.8 Å². The summed E-state index contributed by atoms with van der Waals surface area (Å²) in [5.41, 5.74) is 5.31. The van der Waals surface area contributed by atoms with Gasteiger partial charge in [0.1, 0.15) is 0 Å². The topological polar surface area (TPSA) is 86.8 Å². The van der Waals surface area contributed by atoms with Crippen LogP contribution < -0.4 is 5.73 Å². The molecule has 0 aromatic rings. The van der Waals surface area contributed by atoms with Crippen molar-refractivity contribution in [3.05, 3.63) is 0 Å². The van der Waals surface area contributed by atoms with Gasteiger partial charge in [-0.2, -0.15) is 0 Å². The van der Waals surface area contributed by atoms with Crippen LogP contribution in [0.2, 0.25) is 0 Å². The van der Waals surface area contributed by atoms with Crippen LogP contribution in [-0.2, 0) is 0 Å². The molecule has 5 heteroatoms. The van der Waals surface area contributed by atoms with Gasteiger partial charge in [-0.25, -0.2) is 4.79 Å². The molecular formula is C6H12N2O3. The lowest BCUT2D eigenvalue weighted by Crippen LogP contribution is -2.39. The van der Waals surface area contributed by atoms with Gasteiger partial charge in [0, 0.05) is 12.6 Å². The summed E-state index contributed by atoms with van der Waals surface area (Å²) in [6, 6.07) is -0.206. The molecule has 1 fully saturated rings. The number of hydrogen-bond donors (Lipinski definition) is 3. The molecule has 0 bridgehead atoms. The molecule has 1 rings (SSSR count). The van der Waals surface area contributed by atoms with Gasteiger partial charge in [-0.15, -0.1) is 0 Å². The molecule has 4 N–H and O–H groups in total. The fourth-order valence-electron chi connectivity index (χ4n) is 1.35. The summed E-state index contributed by atoms with van der Waals surface area (Å²) in [4.78, 5) is 11.7. The van der Waals surface area contributed by atoms with Crippen molar-refractivity contribution in [3.8, 4) is 0 Å². The molecule has 0 unspecified atom stereocenters. The number of hydrogen-bond acceptors (Lipinski definition) is 3. The fourth-order valence-corrected chi connectivity index (χ4v) is 1.35. The van der Waals surface area contributed by atoms with Crippen molar-refractivity contribution in [1.82, 2.24) is 4.90 Å². The quantitative estimate of drug-likeness (QED) is 0.462. The predicted octanol–water partition coefficient (Wildman–Crippen LogP) is -0.942. The Morgan fingerprint density at radius 1 is 1.73 bits per heavy atom. The number of carboxylic acid groups (broad SMARTS) is 1. The van der Waals surface area contributed by atoms with E-state index >= 15 is 0 Å². The third-order valence-corrected chi connectivity index (χ3v) is 1.91. The van der Waals surface area contributed by atoms with Crippen molar-refractivity contribution in [2.24, 2.45) is 5.73 Å². The van der Waals surface area contributed by atoms with E-state index in [9.17, 15) is 4.79 Å². The van der Waals surface area contributed by atoms with E-state index in [0.29, 0.717) is 6.42 Å². The van der Waals surface area contributed by atoms with Crippen LogP contribution in [-0.4, -0.2) is 46.4 Å². The van der Waals surface area contributed by atoms with Crippen LogP contribution >= 0.6 is 0 Å². The van der Waals surface area contributed by atoms with Crippen LogP contribution in [0.25, 0.3) is 0 Å². The number of likely N-dealkylation sites (tertiary alicyclic amines) is 1. The van der Waals surface area contributed by atoms with E-state index < -0.39 is 12.2 Å². The Hall–Kier alpha value is -0.810. The molecule has 0 aromatic heterocycles. The number of nitrogens with two attached hydrogens (primary N) is 1. The van der Waals surface area contributed by atoms with E-state index in [-0.39, 0.29) is 19.1 Å². The van der Waals surface area contributed by atoms with Gasteiger partial charge in [0.25, 0.3) is 0 Å². The molecule has 0 spiro atoms. The van der Waals surface area contributed by atoms with Crippen LogP contribution in [0.15, 0.2) is 0 Å². The smallest absolute Gasteiger partial charge is 0.407 e. The average Bonchev–Trinajstić information content (AvgIpc) is 2.30. The number of amides is 1. The van der Waals surface area contributed by atoms with Gasteiger partial charge in [-0.3, -0.25) is 0 Å². The molecule has 11 heavy (non-hydrogen) atoms. The zero-order valence-electron chi connectivity index (χ0n) is 6.10. The highest BCUT2D eigenvalue weighted by Crippen LogP contribution is 2.16. The molecule has 64 valence electrons. The standard InChI is InChI=1S/C6H12N2O3/c7-2-4-1-5(9)3-8(4)6(10)11/h4-5,9H,1-3,7H2,(H,10,11)/t4-,5-/m1/s1. The number of carbonyl (C=O) groups is 1. The van der Waals surface area contributed by atoms with Crippen molar-refractivity contribution in [2.75, 3.05) is 13.1 Å². The minimum absolute atomic E-state index is 0.192. The zero-order valence-corrected chi connectivity index (χ0v) is 6.10. The Morgan fingerprint density at radius 3 is 2.73 bits per heavy atom. The van der Waals surface area contributed by atoms with Gasteiger partial charge in [0.05, 0.1) is 12.6 Å². The van der Waals surface area contributed by atoms with E-state index in [4.69, 9.17) is 15.9 Å². The third kappa shape index (κ3) is 1.61. The molecule has 1 saturated heterocycles. The Labute approximate surface area is 64.4 Å². The van der Waals surface area contributed by atoms with E-state index in [0.717, 1.165) is 0 Å². The maximum absolute atomic E-state index is 10.5. The third-order valence-electron chi connectivity index (χ3n) is 1.91. The maximum atomic E-state index is 10.5. The molecule has 0 aromatic carbocycles. The lowest BCUT2D eigenvalue weighted by Gasteiger charge is -2.18. The molecule has 1 aliphatic rings. The highest BCUT2D eigenvalue weighted by molar-refractivity contribution is 5.66. The SMILES string of the molecule is NC[C@H]1C[C@@H](O)CN1C(=O)O. The van der Waals surface area contributed by atoms with Gasteiger partial charge in [-0.05, 0) is 6.42 Å². The number of aliphatic hydroxyl groups excluding tert-OH is 1. The molecule has 1 amide bonds. The Balaban J connectivity index is 2.57. The molecule has 0 radical (unpaired) electrons. The van der Waals surface area contributed by atoms with Gasteiger partial charge >= 0.3 is 6.09 Å². The monoisotopic (exact) mass is 160 g/mol. The van der Waals surface area contributed by atoms with E-state index in [1.165, 1.54) is 4.90 Å². The van der Waals surface area contributed by atoms with Crippen LogP contribution in [0.4, 0.5) is 4.79 Å². The molecule has 1 aliphatic heterocycles. The molecule has 5 nitrogen and oxygen atoms in total. The summed E-state index contributed by atoms with van der Waals surface area (Å²) in [7, 11) is 0. The van der Waals surface area contributed by atoms with Crippen LogP contribution in [0.5, 0.6) is 0 Å². The highest BCUT2D eigenvalue weighted by Gasteiger charge is 2.32. The molecule has 0 aliphatic carbocycles. The second kappa shape index (κ2) is 3.06. The summed E-state index contributed by atoms with van der Waals surface area (Å²) in [5.74, 6) is 0. The Kier molecular flexibility index (Phi) is 2.31. The minimum Gasteiger partial charge on any atom is -0.465 e. The lowest BCUT2D eigenvalue weighted by molar-refractivity contribution is 0.132. The summed E-state index contributed by atoms with van der Waals surface area (Å²) in [6.45, 7) is 0.473. The first-order valence-corrected chi connectivity index (χ1v) is 3.53. The second-order valence-corrected chi connectivity index (χ2v) is 2.71. The van der Waals surface area contributed by atoms with Crippen molar-refractivity contribution in [2.45, 2.75) is 18.6 Å². The summed E-state index contributed by atoms with van der Waals surface area (Å²) in [5, 5.41) is 17.7. The zero-order chi connectivity index (χ0) is 8.43. The molecule has 1 heterocycles. The Bertz CT molecular complexity index is 162. The van der Waals surface area contributed by atoms with Crippen LogP contribution in [0.3, 0.4) is 0 Å². The van der Waals surface area contributed by atoms with Crippen molar-refractivity contribution < 1.29 is 15.0 Å². The van der Waals surface area contributed by atoms with E-state index in [2.05, 4.69) is 0 Å². The van der Waals surface area contributed by atoms with Crippen molar-refractivity contribution in [1.29, 1.82) is 0 Å². The summed E-state index contributed by atoms with van der Waals surface area (Å²) < 4.78 is 0. The molecule has 2 atom stereocenters. The maximum Gasteiger partial charge on any atom is 0.407 e. The number of β-amino-alcohol motifs (C(OH)–C–C–N with tert-alkyl or cyclic N) is 1. The van der Waals surface area contributed by atoms with Gasteiger partial charge in [-0.1, -0.05) is 0 Å². The lowest BCUT2D eigenvalue weighted by atomic mass is 10.2. The normalized spacial score (nSPS) is 30.9. The predicted molar refractivity (Wildman–Crippen MR) is 38.2 cm³/mol. The molecule has 0 saturated carbocycles. The number of aliphatic hydroxyl groups is 1. The van der Waals surface area contributed by atoms with Gasteiger partial charge in [0.15, 0.2) is 0 Å². The van der Waals surface area contributed by atoms with Crippen LogP contribution in [0.1, 0.15) is 6.42 Å². The minimum atomic E-state index is -1.00. The van der Waals surface area contributed by atoms with E-state index in [1.807, 2.05) is 0 Å². The van der Waals surface area contributed by atoms with Gasteiger partial charge in [0.2, 0.25) is 0 Å². The second-order valence-electron chi connectivity index (χ2n) is 2.71. The highest BCUT2D eigenvalue weighted by atomic mass is 16.4. The number of rotatable bonds is 1. The summed E-state index contributed by atoms with van der Waals surface area (Å²) >= 11 is 0. The first-order valence-electron chi connectivity index (χ1n) is 3.53.